The molecule has 0 aliphatic carbocycles. The molecule has 0 amide bonds. The second-order valence-electron chi connectivity index (χ2n) is 4.92. The van der Waals surface area contributed by atoms with Crippen molar-refractivity contribution in [2.24, 2.45) is 5.73 Å². The van der Waals surface area contributed by atoms with Crippen LogP contribution in [0.3, 0.4) is 0 Å². The second kappa shape index (κ2) is 5.50. The van der Waals surface area contributed by atoms with E-state index in [1.54, 1.807) is 0 Å². The minimum absolute atomic E-state index is 0.603. The fourth-order valence-electron chi connectivity index (χ4n) is 2.87. The van der Waals surface area contributed by atoms with Crippen LogP contribution in [0.1, 0.15) is 38.7 Å². The summed E-state index contributed by atoms with van der Waals surface area (Å²) in [7, 11) is 0. The normalized spacial score (nSPS) is 24.3. The van der Waals surface area contributed by atoms with Gasteiger partial charge in [-0.2, -0.15) is 0 Å². The van der Waals surface area contributed by atoms with Crippen LogP contribution in [0, 0.1) is 0 Å². The Morgan fingerprint density at radius 2 is 2.29 bits per heavy atom. The van der Waals surface area contributed by atoms with Gasteiger partial charge in [-0.3, -0.25) is 0 Å². The van der Waals surface area contributed by atoms with Crippen LogP contribution in [0.25, 0.3) is 0 Å². The molecule has 0 aromatic carbocycles. The summed E-state index contributed by atoms with van der Waals surface area (Å²) >= 11 is 0. The molecule has 1 aromatic rings. The van der Waals surface area contributed by atoms with Gasteiger partial charge in [-0.1, -0.05) is 13.0 Å². The van der Waals surface area contributed by atoms with E-state index in [1.807, 2.05) is 12.3 Å². The Kier molecular flexibility index (Phi) is 4.00. The molecule has 2 atom stereocenters. The number of nitrogens with zero attached hydrogens (tertiary/aromatic N) is 2. The summed E-state index contributed by atoms with van der Waals surface area (Å²) in [5.41, 5.74) is 6.98. The molecule has 2 unspecified atom stereocenters. The highest BCUT2D eigenvalue weighted by molar-refractivity contribution is 5.49. The van der Waals surface area contributed by atoms with Crippen LogP contribution < -0.4 is 10.6 Å². The van der Waals surface area contributed by atoms with Crippen molar-refractivity contribution in [3.63, 3.8) is 0 Å². The third-order valence-corrected chi connectivity index (χ3v) is 3.78. The van der Waals surface area contributed by atoms with Gasteiger partial charge in [0.15, 0.2) is 0 Å². The van der Waals surface area contributed by atoms with Crippen molar-refractivity contribution in [1.29, 1.82) is 0 Å². The molecule has 1 aromatic heterocycles. The molecule has 2 heterocycles. The second-order valence-corrected chi connectivity index (χ2v) is 4.92. The van der Waals surface area contributed by atoms with E-state index >= 15 is 0 Å². The molecule has 0 radical (unpaired) electrons. The molecule has 3 nitrogen and oxygen atoms in total. The molecule has 0 saturated carbocycles. The van der Waals surface area contributed by atoms with Gasteiger partial charge in [-0.25, -0.2) is 4.98 Å². The largest absolute Gasteiger partial charge is 0.351 e. The highest BCUT2D eigenvalue weighted by Crippen LogP contribution is 2.32. The third kappa shape index (κ3) is 2.44. The van der Waals surface area contributed by atoms with Gasteiger partial charge < -0.3 is 10.6 Å². The molecule has 1 aliphatic rings. The van der Waals surface area contributed by atoms with Crippen LogP contribution in [0.2, 0.25) is 0 Å². The van der Waals surface area contributed by atoms with Crippen LogP contribution in [0.5, 0.6) is 0 Å². The average molecular weight is 233 g/mol. The molecular formula is C14H23N3. The Bertz CT molecular complexity index is 364. The Hall–Kier alpha value is -1.09. The first-order valence-corrected chi connectivity index (χ1v) is 6.70. The van der Waals surface area contributed by atoms with E-state index < -0.39 is 0 Å². The Balaban J connectivity index is 2.31. The van der Waals surface area contributed by atoms with Gasteiger partial charge in [-0.05, 0) is 50.8 Å². The quantitative estimate of drug-likeness (QED) is 0.868. The first-order valence-electron chi connectivity index (χ1n) is 6.70. The number of pyridine rings is 1. The van der Waals surface area contributed by atoms with E-state index in [0.717, 1.165) is 12.2 Å². The number of hydrogen-bond acceptors (Lipinski definition) is 3. The van der Waals surface area contributed by atoms with Crippen LogP contribution in [-0.4, -0.2) is 23.6 Å². The van der Waals surface area contributed by atoms with E-state index in [-0.39, 0.29) is 0 Å². The highest BCUT2D eigenvalue weighted by atomic mass is 15.3. The predicted molar refractivity (Wildman–Crippen MR) is 72.2 cm³/mol. The zero-order chi connectivity index (χ0) is 12.3. The Labute approximate surface area is 104 Å². The summed E-state index contributed by atoms with van der Waals surface area (Å²) in [5.74, 6) is 1.16. The summed E-state index contributed by atoms with van der Waals surface area (Å²) < 4.78 is 0. The lowest BCUT2D eigenvalue weighted by molar-refractivity contribution is 0.618. The number of rotatable bonds is 4. The standard InChI is InChI=1S/C14H23N3/c1-3-13-7-6-11(2)17(13)14-12(8-9-15)5-4-10-16-14/h4-5,10-11,13H,3,6-9,15H2,1-2H3. The van der Waals surface area contributed by atoms with Crippen LogP contribution in [0.4, 0.5) is 5.82 Å². The summed E-state index contributed by atoms with van der Waals surface area (Å²) in [6, 6.07) is 5.42. The lowest BCUT2D eigenvalue weighted by Gasteiger charge is -2.30. The summed E-state index contributed by atoms with van der Waals surface area (Å²) in [5, 5.41) is 0. The number of hydrogen-bond donors (Lipinski definition) is 1. The van der Waals surface area contributed by atoms with Crippen molar-refractivity contribution in [1.82, 2.24) is 4.98 Å². The lowest BCUT2D eigenvalue weighted by Crippen LogP contribution is -2.35. The van der Waals surface area contributed by atoms with Crippen molar-refractivity contribution >= 4 is 5.82 Å². The first-order chi connectivity index (χ1) is 8.27. The SMILES string of the molecule is CCC1CCC(C)N1c1ncccc1CCN. The molecule has 1 saturated heterocycles. The minimum Gasteiger partial charge on any atom is -0.351 e. The third-order valence-electron chi connectivity index (χ3n) is 3.78. The zero-order valence-electron chi connectivity index (χ0n) is 10.9. The van der Waals surface area contributed by atoms with Gasteiger partial charge >= 0.3 is 0 Å². The van der Waals surface area contributed by atoms with Crippen molar-refractivity contribution in [3.05, 3.63) is 23.9 Å². The van der Waals surface area contributed by atoms with Gasteiger partial charge in [-0.15, -0.1) is 0 Å². The molecule has 1 fully saturated rings. The topological polar surface area (TPSA) is 42.2 Å². The van der Waals surface area contributed by atoms with E-state index in [9.17, 15) is 0 Å². The predicted octanol–water partition coefficient (Wildman–Crippen LogP) is 2.35. The molecule has 17 heavy (non-hydrogen) atoms. The molecule has 3 heteroatoms. The summed E-state index contributed by atoms with van der Waals surface area (Å²) in [6.45, 7) is 5.26. The fraction of sp³-hybridized carbons (Fsp3) is 0.643. The fourth-order valence-corrected chi connectivity index (χ4v) is 2.87. The van der Waals surface area contributed by atoms with Gasteiger partial charge in [0, 0.05) is 18.3 Å². The van der Waals surface area contributed by atoms with Gasteiger partial charge in [0.1, 0.15) is 5.82 Å². The maximum atomic E-state index is 5.68. The summed E-state index contributed by atoms with van der Waals surface area (Å²) in [6.07, 6.45) is 6.58. The number of anilines is 1. The van der Waals surface area contributed by atoms with Crippen LogP contribution in [-0.2, 0) is 6.42 Å². The molecule has 0 bridgehead atoms. The molecular weight excluding hydrogens is 210 g/mol. The van der Waals surface area contributed by atoms with Crippen LogP contribution >= 0.6 is 0 Å². The average Bonchev–Trinajstić information content (AvgIpc) is 2.72. The van der Waals surface area contributed by atoms with E-state index in [4.69, 9.17) is 5.73 Å². The smallest absolute Gasteiger partial charge is 0.132 e. The van der Waals surface area contributed by atoms with Crippen molar-refractivity contribution in [3.8, 4) is 0 Å². The summed E-state index contributed by atoms with van der Waals surface area (Å²) in [4.78, 5) is 7.10. The number of aromatic nitrogens is 1. The van der Waals surface area contributed by atoms with Gasteiger partial charge in [0.05, 0.1) is 0 Å². The van der Waals surface area contributed by atoms with E-state index in [2.05, 4.69) is 29.8 Å². The first kappa shape index (κ1) is 12.4. The van der Waals surface area contributed by atoms with Crippen molar-refractivity contribution in [2.45, 2.75) is 51.6 Å². The zero-order valence-corrected chi connectivity index (χ0v) is 10.9. The molecule has 1 aliphatic heterocycles. The van der Waals surface area contributed by atoms with Gasteiger partial charge in [0.25, 0.3) is 0 Å². The van der Waals surface area contributed by atoms with Gasteiger partial charge in [0.2, 0.25) is 0 Å². The van der Waals surface area contributed by atoms with E-state index in [0.29, 0.717) is 18.6 Å². The van der Waals surface area contributed by atoms with Crippen LogP contribution in [0.15, 0.2) is 18.3 Å². The molecule has 2 rings (SSSR count). The van der Waals surface area contributed by atoms with Crippen molar-refractivity contribution < 1.29 is 0 Å². The lowest BCUT2D eigenvalue weighted by atomic mass is 10.1. The monoisotopic (exact) mass is 233 g/mol. The van der Waals surface area contributed by atoms with E-state index in [1.165, 1.54) is 24.8 Å². The number of nitrogens with two attached hydrogens (primary N) is 1. The highest BCUT2D eigenvalue weighted by Gasteiger charge is 2.31. The maximum Gasteiger partial charge on any atom is 0.132 e. The minimum atomic E-state index is 0.603. The Morgan fingerprint density at radius 1 is 1.47 bits per heavy atom. The Morgan fingerprint density at radius 3 is 3.00 bits per heavy atom. The van der Waals surface area contributed by atoms with Crippen molar-refractivity contribution in [2.75, 3.05) is 11.4 Å². The maximum absolute atomic E-state index is 5.68. The molecule has 2 N–H and O–H groups in total. The molecule has 94 valence electrons. The molecule has 0 spiro atoms.